The second-order valence-corrected chi connectivity index (χ2v) is 5.23. The van der Waals surface area contributed by atoms with Crippen LogP contribution in [0.25, 0.3) is 11.1 Å². The summed E-state index contributed by atoms with van der Waals surface area (Å²) in [5.74, 6) is 0. The molecule has 0 radical (unpaired) electrons. The molecular formula is C17H25N3. The SMILES string of the molecule is CCCC(NC)C(CC)n1cc(-c2ccccc2)cn1. The third-order valence-electron chi connectivity index (χ3n) is 3.90. The van der Waals surface area contributed by atoms with E-state index in [1.165, 1.54) is 24.0 Å². The fourth-order valence-electron chi connectivity index (χ4n) is 2.80. The smallest absolute Gasteiger partial charge is 0.0669 e. The predicted molar refractivity (Wildman–Crippen MR) is 84.7 cm³/mol. The minimum absolute atomic E-state index is 0.414. The number of hydrogen-bond acceptors (Lipinski definition) is 2. The Hall–Kier alpha value is -1.61. The van der Waals surface area contributed by atoms with Crippen LogP contribution >= 0.6 is 0 Å². The molecule has 3 nitrogen and oxygen atoms in total. The van der Waals surface area contributed by atoms with Crippen molar-refractivity contribution < 1.29 is 0 Å². The highest BCUT2D eigenvalue weighted by Gasteiger charge is 2.20. The van der Waals surface area contributed by atoms with Gasteiger partial charge >= 0.3 is 0 Å². The third kappa shape index (κ3) is 3.28. The van der Waals surface area contributed by atoms with Gasteiger partial charge in [0.25, 0.3) is 0 Å². The molecule has 0 aliphatic carbocycles. The summed E-state index contributed by atoms with van der Waals surface area (Å²) in [6, 6.07) is 11.3. The van der Waals surface area contributed by atoms with E-state index in [0.717, 1.165) is 6.42 Å². The number of benzene rings is 1. The first-order valence-corrected chi connectivity index (χ1v) is 7.57. The normalized spacial score (nSPS) is 14.2. The van der Waals surface area contributed by atoms with E-state index >= 15 is 0 Å². The number of aromatic nitrogens is 2. The monoisotopic (exact) mass is 271 g/mol. The van der Waals surface area contributed by atoms with Crippen molar-refractivity contribution in [3.8, 4) is 11.1 Å². The molecule has 2 aromatic rings. The number of nitrogens with zero attached hydrogens (tertiary/aromatic N) is 2. The van der Waals surface area contributed by atoms with Crippen LogP contribution < -0.4 is 5.32 Å². The second kappa shape index (κ2) is 7.25. The van der Waals surface area contributed by atoms with Crippen LogP contribution in [0.15, 0.2) is 42.7 Å². The molecule has 0 amide bonds. The highest BCUT2D eigenvalue weighted by Crippen LogP contribution is 2.23. The molecule has 1 aromatic heterocycles. The van der Waals surface area contributed by atoms with Crippen molar-refractivity contribution in [2.75, 3.05) is 7.05 Å². The van der Waals surface area contributed by atoms with Crippen molar-refractivity contribution in [1.82, 2.24) is 15.1 Å². The molecule has 0 fully saturated rings. The molecule has 1 aromatic carbocycles. The molecule has 0 bridgehead atoms. The number of hydrogen-bond donors (Lipinski definition) is 1. The van der Waals surface area contributed by atoms with Gasteiger partial charge in [-0.05, 0) is 25.5 Å². The summed E-state index contributed by atoms with van der Waals surface area (Å²) in [4.78, 5) is 0. The van der Waals surface area contributed by atoms with Crippen LogP contribution in [-0.4, -0.2) is 22.9 Å². The third-order valence-corrected chi connectivity index (χ3v) is 3.90. The first-order valence-electron chi connectivity index (χ1n) is 7.57. The van der Waals surface area contributed by atoms with E-state index in [0.29, 0.717) is 12.1 Å². The van der Waals surface area contributed by atoms with Crippen molar-refractivity contribution in [1.29, 1.82) is 0 Å². The Morgan fingerprint density at radius 1 is 1.15 bits per heavy atom. The summed E-state index contributed by atoms with van der Waals surface area (Å²) in [5.41, 5.74) is 2.42. The van der Waals surface area contributed by atoms with Crippen LogP contribution in [0.2, 0.25) is 0 Å². The average Bonchev–Trinajstić information content (AvgIpc) is 2.97. The zero-order chi connectivity index (χ0) is 14.4. The van der Waals surface area contributed by atoms with Gasteiger partial charge in [-0.1, -0.05) is 50.6 Å². The zero-order valence-corrected chi connectivity index (χ0v) is 12.7. The first kappa shape index (κ1) is 14.8. The van der Waals surface area contributed by atoms with Gasteiger partial charge in [0.05, 0.1) is 12.2 Å². The summed E-state index contributed by atoms with van der Waals surface area (Å²) in [6.07, 6.45) is 7.59. The largest absolute Gasteiger partial charge is 0.315 e. The highest BCUT2D eigenvalue weighted by molar-refractivity contribution is 5.61. The molecule has 0 saturated carbocycles. The summed E-state index contributed by atoms with van der Waals surface area (Å²) in [6.45, 7) is 4.46. The second-order valence-electron chi connectivity index (χ2n) is 5.23. The van der Waals surface area contributed by atoms with Gasteiger partial charge in [-0.3, -0.25) is 4.68 Å². The molecule has 108 valence electrons. The lowest BCUT2D eigenvalue weighted by Crippen LogP contribution is -2.35. The Bertz CT molecular complexity index is 504. The van der Waals surface area contributed by atoms with E-state index in [2.05, 4.69) is 59.4 Å². The first-order chi connectivity index (χ1) is 9.80. The van der Waals surface area contributed by atoms with Gasteiger partial charge in [-0.25, -0.2) is 0 Å². The van der Waals surface area contributed by atoms with Crippen LogP contribution in [0.5, 0.6) is 0 Å². The van der Waals surface area contributed by atoms with Crippen molar-refractivity contribution >= 4 is 0 Å². The van der Waals surface area contributed by atoms with Gasteiger partial charge in [-0.15, -0.1) is 0 Å². The van der Waals surface area contributed by atoms with Gasteiger partial charge in [0.15, 0.2) is 0 Å². The topological polar surface area (TPSA) is 29.9 Å². The van der Waals surface area contributed by atoms with Gasteiger partial charge in [0, 0.05) is 17.8 Å². The Balaban J connectivity index is 2.21. The lowest BCUT2D eigenvalue weighted by Gasteiger charge is -2.26. The molecule has 20 heavy (non-hydrogen) atoms. The quantitative estimate of drug-likeness (QED) is 0.828. The van der Waals surface area contributed by atoms with Crippen molar-refractivity contribution in [3.63, 3.8) is 0 Å². The Labute approximate surface area is 122 Å². The summed E-state index contributed by atoms with van der Waals surface area (Å²) in [5, 5.41) is 8.03. The highest BCUT2D eigenvalue weighted by atomic mass is 15.3. The van der Waals surface area contributed by atoms with E-state index in [1.54, 1.807) is 0 Å². The molecule has 1 heterocycles. The summed E-state index contributed by atoms with van der Waals surface area (Å²) < 4.78 is 2.12. The van der Waals surface area contributed by atoms with Crippen molar-refractivity contribution in [2.45, 2.75) is 45.2 Å². The maximum absolute atomic E-state index is 4.59. The fourth-order valence-corrected chi connectivity index (χ4v) is 2.80. The average molecular weight is 271 g/mol. The Morgan fingerprint density at radius 3 is 2.50 bits per heavy atom. The summed E-state index contributed by atoms with van der Waals surface area (Å²) in [7, 11) is 2.05. The van der Waals surface area contributed by atoms with Crippen LogP contribution in [-0.2, 0) is 0 Å². The van der Waals surface area contributed by atoms with Crippen molar-refractivity contribution in [2.24, 2.45) is 0 Å². The molecule has 3 heteroatoms. The van der Waals surface area contributed by atoms with Gasteiger partial charge in [0.2, 0.25) is 0 Å². The van der Waals surface area contributed by atoms with E-state index in [-0.39, 0.29) is 0 Å². The molecule has 0 aliphatic rings. The molecule has 2 rings (SSSR count). The molecule has 0 saturated heterocycles. The Kier molecular flexibility index (Phi) is 5.36. The molecule has 1 N–H and O–H groups in total. The van der Waals surface area contributed by atoms with E-state index < -0.39 is 0 Å². The van der Waals surface area contributed by atoms with Crippen LogP contribution in [0, 0.1) is 0 Å². The molecular weight excluding hydrogens is 246 g/mol. The summed E-state index contributed by atoms with van der Waals surface area (Å²) >= 11 is 0. The molecule has 2 unspecified atom stereocenters. The van der Waals surface area contributed by atoms with Crippen LogP contribution in [0.1, 0.15) is 39.2 Å². The number of nitrogens with one attached hydrogen (secondary N) is 1. The lowest BCUT2D eigenvalue weighted by atomic mass is 10.0. The maximum atomic E-state index is 4.59. The standard InChI is InChI=1S/C17H25N3/c1-4-9-16(18-3)17(5-2)20-13-15(12-19-20)14-10-7-6-8-11-14/h6-8,10-13,16-18H,4-5,9H2,1-3H3. The van der Waals surface area contributed by atoms with Crippen molar-refractivity contribution in [3.05, 3.63) is 42.7 Å². The zero-order valence-electron chi connectivity index (χ0n) is 12.7. The van der Waals surface area contributed by atoms with Gasteiger partial charge < -0.3 is 5.32 Å². The van der Waals surface area contributed by atoms with Crippen LogP contribution in [0.4, 0.5) is 0 Å². The molecule has 0 aliphatic heterocycles. The Morgan fingerprint density at radius 2 is 1.90 bits per heavy atom. The van der Waals surface area contributed by atoms with E-state index in [1.807, 2.05) is 19.3 Å². The molecule has 2 atom stereocenters. The van der Waals surface area contributed by atoms with E-state index in [4.69, 9.17) is 0 Å². The predicted octanol–water partition coefficient (Wildman–Crippen LogP) is 3.89. The minimum Gasteiger partial charge on any atom is -0.315 e. The minimum atomic E-state index is 0.414. The lowest BCUT2D eigenvalue weighted by molar-refractivity contribution is 0.314. The van der Waals surface area contributed by atoms with Crippen LogP contribution in [0.3, 0.4) is 0 Å². The number of rotatable bonds is 7. The fraction of sp³-hybridized carbons (Fsp3) is 0.471. The maximum Gasteiger partial charge on any atom is 0.0669 e. The molecule has 0 spiro atoms. The van der Waals surface area contributed by atoms with Gasteiger partial charge in [0.1, 0.15) is 0 Å². The number of likely N-dealkylation sites (N-methyl/N-ethyl adjacent to an activating group) is 1. The van der Waals surface area contributed by atoms with Gasteiger partial charge in [-0.2, -0.15) is 5.10 Å². The van der Waals surface area contributed by atoms with E-state index in [9.17, 15) is 0 Å².